The molecule has 0 aliphatic carbocycles. The summed E-state index contributed by atoms with van der Waals surface area (Å²) in [7, 11) is 0. The molecule has 1 aromatic heterocycles. The average molecular weight is 265 g/mol. The van der Waals surface area contributed by atoms with Gasteiger partial charge >= 0.3 is 0 Å². The van der Waals surface area contributed by atoms with Crippen LogP contribution >= 0.6 is 0 Å². The Bertz CT molecular complexity index is 744. The Morgan fingerprint density at radius 2 is 1.75 bits per heavy atom. The summed E-state index contributed by atoms with van der Waals surface area (Å²) in [6, 6.07) is 11.5. The minimum Gasteiger partial charge on any atom is -0.507 e. The SMILES string of the molecule is Cc1cc(/C=C/c2nc3ccccc3o2)cc(C)c1O. The molecule has 0 amide bonds. The third kappa shape index (κ3) is 2.30. The quantitative estimate of drug-likeness (QED) is 0.750. The van der Waals surface area contributed by atoms with E-state index < -0.39 is 0 Å². The number of fused-ring (bicyclic) bond motifs is 1. The summed E-state index contributed by atoms with van der Waals surface area (Å²) in [5.74, 6) is 0.929. The highest BCUT2D eigenvalue weighted by Gasteiger charge is 2.03. The van der Waals surface area contributed by atoms with Gasteiger partial charge in [-0.05, 0) is 60.9 Å². The molecule has 3 rings (SSSR count). The van der Waals surface area contributed by atoms with E-state index in [0.29, 0.717) is 11.6 Å². The van der Waals surface area contributed by atoms with Crippen LogP contribution in [0.1, 0.15) is 22.6 Å². The van der Waals surface area contributed by atoms with E-state index in [1.165, 1.54) is 0 Å². The number of aryl methyl sites for hydroxylation is 2. The first kappa shape index (κ1) is 12.5. The predicted molar refractivity (Wildman–Crippen MR) is 80.5 cm³/mol. The molecule has 2 aromatic carbocycles. The van der Waals surface area contributed by atoms with Gasteiger partial charge in [0.05, 0.1) is 0 Å². The molecule has 0 fully saturated rings. The summed E-state index contributed by atoms with van der Waals surface area (Å²) in [5, 5.41) is 9.76. The van der Waals surface area contributed by atoms with E-state index in [1.54, 1.807) is 0 Å². The van der Waals surface area contributed by atoms with Crippen molar-refractivity contribution in [2.75, 3.05) is 0 Å². The number of phenols is 1. The van der Waals surface area contributed by atoms with Crippen molar-refractivity contribution in [2.45, 2.75) is 13.8 Å². The fraction of sp³-hybridized carbons (Fsp3) is 0.118. The first-order valence-electron chi connectivity index (χ1n) is 6.47. The van der Waals surface area contributed by atoms with E-state index in [4.69, 9.17) is 4.42 Å². The predicted octanol–water partition coefficient (Wildman–Crippen LogP) is 4.32. The van der Waals surface area contributed by atoms with Crippen molar-refractivity contribution < 1.29 is 9.52 Å². The Labute approximate surface area is 117 Å². The highest BCUT2D eigenvalue weighted by Crippen LogP contribution is 2.24. The van der Waals surface area contributed by atoms with E-state index in [1.807, 2.05) is 62.4 Å². The van der Waals surface area contributed by atoms with Gasteiger partial charge < -0.3 is 9.52 Å². The molecule has 1 heterocycles. The number of nitrogens with zero attached hydrogens (tertiary/aromatic N) is 1. The van der Waals surface area contributed by atoms with Crippen LogP contribution in [-0.4, -0.2) is 10.1 Å². The largest absolute Gasteiger partial charge is 0.507 e. The Hall–Kier alpha value is -2.55. The van der Waals surface area contributed by atoms with Gasteiger partial charge in [-0.15, -0.1) is 0 Å². The van der Waals surface area contributed by atoms with Gasteiger partial charge in [-0.25, -0.2) is 4.98 Å². The monoisotopic (exact) mass is 265 g/mol. The van der Waals surface area contributed by atoms with E-state index in [-0.39, 0.29) is 0 Å². The van der Waals surface area contributed by atoms with Crippen LogP contribution in [0.25, 0.3) is 23.3 Å². The minimum atomic E-state index is 0.351. The topological polar surface area (TPSA) is 46.3 Å². The minimum absolute atomic E-state index is 0.351. The van der Waals surface area contributed by atoms with Crippen LogP contribution in [0.4, 0.5) is 0 Å². The number of hydrogen-bond acceptors (Lipinski definition) is 3. The molecule has 3 aromatic rings. The number of para-hydroxylation sites is 2. The van der Waals surface area contributed by atoms with Crippen LogP contribution in [0.15, 0.2) is 40.8 Å². The molecule has 0 bridgehead atoms. The molecule has 100 valence electrons. The first-order valence-corrected chi connectivity index (χ1v) is 6.47. The second-order valence-electron chi connectivity index (χ2n) is 4.86. The zero-order valence-electron chi connectivity index (χ0n) is 11.4. The van der Waals surface area contributed by atoms with Gasteiger partial charge in [-0.1, -0.05) is 12.1 Å². The van der Waals surface area contributed by atoms with Gasteiger partial charge in [0, 0.05) is 6.08 Å². The van der Waals surface area contributed by atoms with Gasteiger partial charge in [-0.2, -0.15) is 0 Å². The molecular formula is C17H15NO2. The number of benzene rings is 2. The van der Waals surface area contributed by atoms with Crippen LogP contribution in [0, 0.1) is 13.8 Å². The number of rotatable bonds is 2. The summed E-state index contributed by atoms with van der Waals surface area (Å²) < 4.78 is 5.63. The summed E-state index contributed by atoms with van der Waals surface area (Å²) in [6.45, 7) is 3.78. The number of oxazole rings is 1. The summed E-state index contributed by atoms with van der Waals surface area (Å²) in [4.78, 5) is 4.39. The maximum absolute atomic E-state index is 9.76. The smallest absolute Gasteiger partial charge is 0.220 e. The molecule has 3 heteroatoms. The van der Waals surface area contributed by atoms with E-state index >= 15 is 0 Å². The number of hydrogen-bond donors (Lipinski definition) is 1. The molecule has 0 atom stereocenters. The second kappa shape index (κ2) is 4.85. The van der Waals surface area contributed by atoms with Gasteiger partial charge in [0.2, 0.25) is 5.89 Å². The van der Waals surface area contributed by atoms with Crippen molar-refractivity contribution in [2.24, 2.45) is 0 Å². The maximum Gasteiger partial charge on any atom is 0.220 e. The number of aromatic hydroxyl groups is 1. The molecule has 20 heavy (non-hydrogen) atoms. The van der Waals surface area contributed by atoms with Crippen molar-refractivity contribution in [3.05, 3.63) is 59.0 Å². The van der Waals surface area contributed by atoms with E-state index in [9.17, 15) is 5.11 Å². The van der Waals surface area contributed by atoms with Crippen LogP contribution in [0.3, 0.4) is 0 Å². The fourth-order valence-corrected chi connectivity index (χ4v) is 2.21. The number of phenolic OH excluding ortho intramolecular Hbond substituents is 1. The van der Waals surface area contributed by atoms with Crippen molar-refractivity contribution in [3.63, 3.8) is 0 Å². The zero-order valence-corrected chi connectivity index (χ0v) is 11.4. The molecule has 0 unspecified atom stereocenters. The fourth-order valence-electron chi connectivity index (χ4n) is 2.21. The van der Waals surface area contributed by atoms with Crippen LogP contribution in [-0.2, 0) is 0 Å². The third-order valence-corrected chi connectivity index (χ3v) is 3.24. The standard InChI is InChI=1S/C17H15NO2/c1-11-9-13(10-12(2)17(11)19)7-8-16-18-14-5-3-4-6-15(14)20-16/h3-10,19H,1-2H3/b8-7+. The molecule has 0 aliphatic rings. The molecule has 0 spiro atoms. The lowest BCUT2D eigenvalue weighted by Gasteiger charge is -2.04. The molecule has 0 saturated heterocycles. The van der Waals surface area contributed by atoms with Gasteiger partial charge in [0.15, 0.2) is 5.58 Å². The van der Waals surface area contributed by atoms with E-state index in [2.05, 4.69) is 4.98 Å². The molecule has 3 nitrogen and oxygen atoms in total. The van der Waals surface area contributed by atoms with Gasteiger partial charge in [-0.3, -0.25) is 0 Å². The van der Waals surface area contributed by atoms with Gasteiger partial charge in [0.25, 0.3) is 0 Å². The molecule has 1 N–H and O–H groups in total. The van der Waals surface area contributed by atoms with Crippen molar-refractivity contribution in [1.29, 1.82) is 0 Å². The normalized spacial score (nSPS) is 11.5. The molecule has 0 radical (unpaired) electrons. The Morgan fingerprint density at radius 1 is 1.05 bits per heavy atom. The van der Waals surface area contributed by atoms with Crippen molar-refractivity contribution in [3.8, 4) is 5.75 Å². The lowest BCUT2D eigenvalue weighted by atomic mass is 10.1. The average Bonchev–Trinajstić information content (AvgIpc) is 2.85. The Morgan fingerprint density at radius 3 is 2.45 bits per heavy atom. The van der Waals surface area contributed by atoms with Crippen LogP contribution < -0.4 is 0 Å². The summed E-state index contributed by atoms with van der Waals surface area (Å²) >= 11 is 0. The lowest BCUT2D eigenvalue weighted by molar-refractivity contribution is 0.467. The van der Waals surface area contributed by atoms with E-state index in [0.717, 1.165) is 27.8 Å². The van der Waals surface area contributed by atoms with Crippen LogP contribution in [0.5, 0.6) is 5.75 Å². The van der Waals surface area contributed by atoms with Gasteiger partial charge in [0.1, 0.15) is 11.3 Å². The van der Waals surface area contributed by atoms with Crippen LogP contribution in [0.2, 0.25) is 0 Å². The van der Waals surface area contributed by atoms with Crippen molar-refractivity contribution in [1.82, 2.24) is 4.98 Å². The molecule has 0 saturated carbocycles. The first-order chi connectivity index (χ1) is 9.63. The summed E-state index contributed by atoms with van der Waals surface area (Å²) in [5.41, 5.74) is 4.37. The maximum atomic E-state index is 9.76. The summed E-state index contributed by atoms with van der Waals surface area (Å²) in [6.07, 6.45) is 3.77. The molecular weight excluding hydrogens is 250 g/mol. The third-order valence-electron chi connectivity index (χ3n) is 3.24. The number of aromatic nitrogens is 1. The Balaban J connectivity index is 1.93. The zero-order chi connectivity index (χ0) is 14.1. The highest BCUT2D eigenvalue weighted by molar-refractivity contribution is 5.76. The van der Waals surface area contributed by atoms with Crippen molar-refractivity contribution >= 4 is 23.3 Å². The Kier molecular flexibility index (Phi) is 3.03. The highest BCUT2D eigenvalue weighted by atomic mass is 16.3. The second-order valence-corrected chi connectivity index (χ2v) is 4.86. The lowest BCUT2D eigenvalue weighted by Crippen LogP contribution is -1.83. The molecule has 0 aliphatic heterocycles.